The summed E-state index contributed by atoms with van der Waals surface area (Å²) >= 11 is 0. The van der Waals surface area contributed by atoms with Crippen molar-refractivity contribution >= 4 is 6.03 Å². The number of nitrogens with one attached hydrogen (secondary N) is 1. The van der Waals surface area contributed by atoms with Gasteiger partial charge in [-0.25, -0.2) is 4.79 Å². The first-order chi connectivity index (χ1) is 10.8. The number of rotatable bonds is 5. The highest BCUT2D eigenvalue weighted by Gasteiger charge is 2.30. The van der Waals surface area contributed by atoms with Crippen LogP contribution in [0.3, 0.4) is 0 Å². The van der Waals surface area contributed by atoms with E-state index in [1.807, 2.05) is 17.0 Å². The number of ether oxygens (including phenoxy) is 1. The molecule has 22 heavy (non-hydrogen) atoms. The van der Waals surface area contributed by atoms with E-state index in [0.717, 1.165) is 57.7 Å². The Labute approximate surface area is 132 Å². The molecule has 2 aliphatic heterocycles. The first-order valence-electron chi connectivity index (χ1n) is 8.16. The standard InChI is InChI=1S/C17H25N3O2/c1-22-16-4-2-14(3-5-16)6-10-19-11-7-15(8-12-19)20-13-9-18-17(20)21/h2-5,15H,6-13H2,1H3,(H,18,21). The molecule has 2 amide bonds. The first kappa shape index (κ1) is 15.2. The number of hydrogen-bond donors (Lipinski definition) is 1. The van der Waals surface area contributed by atoms with Gasteiger partial charge in [-0.15, -0.1) is 0 Å². The molecule has 0 aromatic heterocycles. The second kappa shape index (κ2) is 7.01. The SMILES string of the molecule is COc1ccc(CCN2CCC(N3CCNC3=O)CC2)cc1. The van der Waals surface area contributed by atoms with Crippen molar-refractivity contribution < 1.29 is 9.53 Å². The van der Waals surface area contributed by atoms with Crippen molar-refractivity contribution in [3.05, 3.63) is 29.8 Å². The molecule has 3 rings (SSSR count). The smallest absolute Gasteiger partial charge is 0.317 e. The fourth-order valence-corrected chi connectivity index (χ4v) is 3.37. The van der Waals surface area contributed by atoms with Gasteiger partial charge < -0.3 is 19.9 Å². The zero-order valence-corrected chi connectivity index (χ0v) is 13.3. The van der Waals surface area contributed by atoms with Crippen molar-refractivity contribution in [1.82, 2.24) is 15.1 Å². The molecule has 0 atom stereocenters. The molecule has 5 nitrogen and oxygen atoms in total. The van der Waals surface area contributed by atoms with Crippen molar-refractivity contribution in [2.45, 2.75) is 25.3 Å². The Morgan fingerprint density at radius 2 is 1.91 bits per heavy atom. The lowest BCUT2D eigenvalue weighted by Crippen LogP contribution is -2.46. The van der Waals surface area contributed by atoms with E-state index in [2.05, 4.69) is 22.3 Å². The van der Waals surface area contributed by atoms with Crippen molar-refractivity contribution in [2.75, 3.05) is 39.8 Å². The molecular formula is C17H25N3O2. The minimum atomic E-state index is 0.122. The number of benzene rings is 1. The molecule has 2 heterocycles. The highest BCUT2D eigenvalue weighted by molar-refractivity contribution is 5.76. The third-order valence-corrected chi connectivity index (χ3v) is 4.76. The maximum atomic E-state index is 11.7. The first-order valence-corrected chi connectivity index (χ1v) is 8.16. The summed E-state index contributed by atoms with van der Waals surface area (Å²) in [4.78, 5) is 16.2. The number of carbonyl (C=O) groups is 1. The third-order valence-electron chi connectivity index (χ3n) is 4.76. The molecule has 120 valence electrons. The van der Waals surface area contributed by atoms with Crippen molar-refractivity contribution in [2.24, 2.45) is 0 Å². The Balaban J connectivity index is 1.42. The van der Waals surface area contributed by atoms with Gasteiger partial charge in [0.15, 0.2) is 0 Å². The van der Waals surface area contributed by atoms with Gasteiger partial charge in [0.25, 0.3) is 0 Å². The molecule has 0 spiro atoms. The maximum Gasteiger partial charge on any atom is 0.317 e. The molecule has 0 unspecified atom stereocenters. The number of hydrogen-bond acceptors (Lipinski definition) is 3. The number of nitrogens with zero attached hydrogens (tertiary/aromatic N) is 2. The van der Waals surface area contributed by atoms with Crippen LogP contribution in [0, 0.1) is 0 Å². The van der Waals surface area contributed by atoms with Gasteiger partial charge in [-0.05, 0) is 37.0 Å². The number of amides is 2. The second-order valence-corrected chi connectivity index (χ2v) is 6.10. The van der Waals surface area contributed by atoms with Gasteiger partial charge in [-0.3, -0.25) is 0 Å². The molecule has 1 aromatic carbocycles. The highest BCUT2D eigenvalue weighted by atomic mass is 16.5. The van der Waals surface area contributed by atoms with Crippen molar-refractivity contribution in [3.8, 4) is 5.75 Å². The fraction of sp³-hybridized carbons (Fsp3) is 0.588. The van der Waals surface area contributed by atoms with Gasteiger partial charge in [0.1, 0.15) is 5.75 Å². The Morgan fingerprint density at radius 1 is 1.18 bits per heavy atom. The topological polar surface area (TPSA) is 44.8 Å². The molecule has 0 saturated carbocycles. The quantitative estimate of drug-likeness (QED) is 0.901. The Hall–Kier alpha value is -1.75. The van der Waals surface area contributed by atoms with Crippen molar-refractivity contribution in [1.29, 1.82) is 0 Å². The molecule has 0 radical (unpaired) electrons. The number of urea groups is 1. The minimum Gasteiger partial charge on any atom is -0.497 e. The lowest BCUT2D eigenvalue weighted by atomic mass is 10.0. The Bertz CT molecular complexity index is 495. The van der Waals surface area contributed by atoms with Crippen LogP contribution in [0.15, 0.2) is 24.3 Å². The summed E-state index contributed by atoms with van der Waals surface area (Å²) in [6.07, 6.45) is 3.25. The predicted octanol–water partition coefficient (Wildman–Crippen LogP) is 1.73. The zero-order valence-electron chi connectivity index (χ0n) is 13.3. The van der Waals surface area contributed by atoms with E-state index in [1.54, 1.807) is 7.11 Å². The second-order valence-electron chi connectivity index (χ2n) is 6.10. The summed E-state index contributed by atoms with van der Waals surface area (Å²) in [6.45, 7) is 4.94. The average Bonchev–Trinajstić information content (AvgIpc) is 3.00. The third kappa shape index (κ3) is 3.53. The van der Waals surface area contributed by atoms with Gasteiger partial charge in [0.2, 0.25) is 0 Å². The fourth-order valence-electron chi connectivity index (χ4n) is 3.37. The summed E-state index contributed by atoms with van der Waals surface area (Å²) in [5, 5.41) is 2.90. The van der Waals surface area contributed by atoms with Crippen LogP contribution in [0.1, 0.15) is 18.4 Å². The van der Waals surface area contributed by atoms with Crippen molar-refractivity contribution in [3.63, 3.8) is 0 Å². The average molecular weight is 303 g/mol. The largest absolute Gasteiger partial charge is 0.497 e. The molecule has 1 N–H and O–H groups in total. The maximum absolute atomic E-state index is 11.7. The number of piperidine rings is 1. The van der Waals surface area contributed by atoms with Crippen LogP contribution in [0.4, 0.5) is 4.79 Å². The lowest BCUT2D eigenvalue weighted by Gasteiger charge is -2.36. The van der Waals surface area contributed by atoms with Gasteiger partial charge in [-0.1, -0.05) is 12.1 Å². The Kier molecular flexibility index (Phi) is 4.83. The van der Waals surface area contributed by atoms with E-state index in [4.69, 9.17) is 4.74 Å². The molecule has 2 aliphatic rings. The summed E-state index contributed by atoms with van der Waals surface area (Å²) in [5.41, 5.74) is 1.35. The summed E-state index contributed by atoms with van der Waals surface area (Å²) < 4.78 is 5.19. The van der Waals surface area contributed by atoms with Crippen LogP contribution < -0.4 is 10.1 Å². The molecule has 2 fully saturated rings. The summed E-state index contributed by atoms with van der Waals surface area (Å²) in [7, 11) is 1.69. The lowest BCUT2D eigenvalue weighted by molar-refractivity contribution is 0.137. The number of methoxy groups -OCH3 is 1. The van der Waals surface area contributed by atoms with E-state index in [1.165, 1.54) is 5.56 Å². The van der Waals surface area contributed by atoms with Gasteiger partial charge in [-0.2, -0.15) is 0 Å². The Morgan fingerprint density at radius 3 is 2.50 bits per heavy atom. The number of carbonyl (C=O) groups excluding carboxylic acids is 1. The van der Waals surface area contributed by atoms with Crippen LogP contribution in [-0.4, -0.2) is 61.7 Å². The predicted molar refractivity (Wildman–Crippen MR) is 86.3 cm³/mol. The van der Waals surface area contributed by atoms with Crippen LogP contribution >= 0.6 is 0 Å². The van der Waals surface area contributed by atoms with E-state index in [-0.39, 0.29) is 6.03 Å². The minimum absolute atomic E-state index is 0.122. The van der Waals surface area contributed by atoms with Crippen LogP contribution in [-0.2, 0) is 6.42 Å². The molecular weight excluding hydrogens is 278 g/mol. The molecule has 2 saturated heterocycles. The summed E-state index contributed by atoms with van der Waals surface area (Å²) in [5.74, 6) is 0.911. The molecule has 0 bridgehead atoms. The highest BCUT2D eigenvalue weighted by Crippen LogP contribution is 2.19. The van der Waals surface area contributed by atoms with Gasteiger partial charge in [0, 0.05) is 38.8 Å². The molecule has 5 heteroatoms. The monoisotopic (exact) mass is 303 g/mol. The van der Waals surface area contributed by atoms with E-state index >= 15 is 0 Å². The van der Waals surface area contributed by atoms with E-state index < -0.39 is 0 Å². The zero-order chi connectivity index (χ0) is 15.4. The number of likely N-dealkylation sites (tertiary alicyclic amines) is 1. The normalized spacial score (nSPS) is 20.2. The van der Waals surface area contributed by atoms with Crippen LogP contribution in [0.2, 0.25) is 0 Å². The van der Waals surface area contributed by atoms with E-state index in [9.17, 15) is 4.79 Å². The summed E-state index contributed by atoms with van der Waals surface area (Å²) in [6, 6.07) is 8.87. The van der Waals surface area contributed by atoms with Crippen LogP contribution in [0.25, 0.3) is 0 Å². The van der Waals surface area contributed by atoms with Crippen LogP contribution in [0.5, 0.6) is 5.75 Å². The molecule has 1 aromatic rings. The molecule has 0 aliphatic carbocycles. The van der Waals surface area contributed by atoms with Gasteiger partial charge >= 0.3 is 6.03 Å². The van der Waals surface area contributed by atoms with Gasteiger partial charge in [0.05, 0.1) is 7.11 Å². The van der Waals surface area contributed by atoms with E-state index in [0.29, 0.717) is 6.04 Å².